The minimum Gasteiger partial charge on any atom is -0.490 e. The van der Waals surface area contributed by atoms with E-state index in [1.54, 1.807) is 0 Å². The van der Waals surface area contributed by atoms with Crippen molar-refractivity contribution in [3.05, 3.63) is 28.5 Å². The predicted molar refractivity (Wildman–Crippen MR) is 59.1 cm³/mol. The van der Waals surface area contributed by atoms with Gasteiger partial charge in [0, 0.05) is 11.4 Å². The molecule has 0 aromatic heterocycles. The normalized spacial score (nSPS) is 9.93. The van der Waals surface area contributed by atoms with Crippen molar-refractivity contribution in [1.82, 2.24) is 0 Å². The van der Waals surface area contributed by atoms with Crippen LogP contribution in [0.3, 0.4) is 0 Å². The van der Waals surface area contributed by atoms with Gasteiger partial charge in [0.05, 0.1) is 12.8 Å². The molecule has 5 heteroatoms. The molecule has 0 aliphatic heterocycles. The zero-order valence-electron chi connectivity index (χ0n) is 7.51. The molecule has 0 radical (unpaired) electrons. The van der Waals surface area contributed by atoms with E-state index in [1.807, 2.05) is 0 Å². The van der Waals surface area contributed by atoms with E-state index in [1.165, 1.54) is 19.2 Å². The first-order chi connectivity index (χ1) is 6.54. The number of anilines is 1. The number of nitrogens with two attached hydrogens (primary N) is 1. The molecular weight excluding hydrogens is 225 g/mol. The standard InChI is InChI=1S/C9H9ClFNOS/c1-13-9(14)3-5-2-8(12)7(11)4-6(5)10/h2,4H,3,12H2,1H3. The van der Waals surface area contributed by atoms with Crippen molar-refractivity contribution in [2.45, 2.75) is 6.42 Å². The first-order valence-corrected chi connectivity index (χ1v) is 4.63. The Labute approximate surface area is 91.8 Å². The summed E-state index contributed by atoms with van der Waals surface area (Å²) in [5.74, 6) is -0.526. The second kappa shape index (κ2) is 4.57. The molecule has 1 aromatic carbocycles. The van der Waals surface area contributed by atoms with Crippen LogP contribution >= 0.6 is 23.8 Å². The van der Waals surface area contributed by atoms with Crippen molar-refractivity contribution >= 4 is 34.6 Å². The van der Waals surface area contributed by atoms with E-state index in [0.29, 0.717) is 22.1 Å². The van der Waals surface area contributed by atoms with E-state index in [-0.39, 0.29) is 5.69 Å². The quantitative estimate of drug-likeness (QED) is 0.630. The number of thiocarbonyl (C=S) groups is 1. The second-order valence-electron chi connectivity index (χ2n) is 2.72. The number of nitrogen functional groups attached to an aromatic ring is 1. The molecule has 0 atom stereocenters. The third-order valence-corrected chi connectivity index (χ3v) is 2.39. The molecule has 0 saturated heterocycles. The maximum Gasteiger partial charge on any atom is 0.163 e. The summed E-state index contributed by atoms with van der Waals surface area (Å²) in [6.45, 7) is 0. The topological polar surface area (TPSA) is 35.2 Å². The molecule has 2 N–H and O–H groups in total. The predicted octanol–water partition coefficient (Wildman–Crippen LogP) is 2.58. The molecule has 0 aliphatic carbocycles. The van der Waals surface area contributed by atoms with Crippen LogP contribution < -0.4 is 5.73 Å². The van der Waals surface area contributed by atoms with Crippen molar-refractivity contribution in [3.63, 3.8) is 0 Å². The highest BCUT2D eigenvalue weighted by Crippen LogP contribution is 2.23. The molecule has 0 fully saturated rings. The lowest BCUT2D eigenvalue weighted by Gasteiger charge is -2.06. The molecular formula is C9H9ClFNOS. The SMILES string of the molecule is COC(=S)Cc1cc(N)c(F)cc1Cl. The number of rotatable bonds is 2. The fourth-order valence-electron chi connectivity index (χ4n) is 0.976. The second-order valence-corrected chi connectivity index (χ2v) is 3.58. The number of benzene rings is 1. The molecule has 0 spiro atoms. The lowest BCUT2D eigenvalue weighted by atomic mass is 10.1. The number of methoxy groups -OCH3 is 1. The molecule has 0 unspecified atom stereocenters. The summed E-state index contributed by atoms with van der Waals surface area (Å²) in [5.41, 5.74) is 6.11. The van der Waals surface area contributed by atoms with Crippen LogP contribution in [0, 0.1) is 5.82 Å². The molecule has 0 heterocycles. The molecule has 1 rings (SSSR count). The van der Waals surface area contributed by atoms with Crippen LogP contribution in [-0.4, -0.2) is 12.2 Å². The Bertz CT molecular complexity index is 370. The van der Waals surface area contributed by atoms with Gasteiger partial charge in [-0.05, 0) is 29.9 Å². The summed E-state index contributed by atoms with van der Waals surface area (Å²) in [4.78, 5) is 0. The highest BCUT2D eigenvalue weighted by Gasteiger charge is 2.08. The monoisotopic (exact) mass is 233 g/mol. The molecule has 1 aromatic rings. The van der Waals surface area contributed by atoms with Gasteiger partial charge in [-0.2, -0.15) is 0 Å². The molecule has 2 nitrogen and oxygen atoms in total. The molecule has 0 amide bonds. The van der Waals surface area contributed by atoms with Gasteiger partial charge in [-0.25, -0.2) is 4.39 Å². The third kappa shape index (κ3) is 2.56. The molecule has 0 saturated carbocycles. The van der Waals surface area contributed by atoms with E-state index < -0.39 is 5.82 Å². The van der Waals surface area contributed by atoms with Crippen LogP contribution in [0.15, 0.2) is 12.1 Å². The van der Waals surface area contributed by atoms with Crippen LogP contribution in [0.5, 0.6) is 0 Å². The van der Waals surface area contributed by atoms with Crippen LogP contribution in [0.1, 0.15) is 5.56 Å². The van der Waals surface area contributed by atoms with Gasteiger partial charge >= 0.3 is 0 Å². The summed E-state index contributed by atoms with van der Waals surface area (Å²) >= 11 is 10.6. The van der Waals surface area contributed by atoms with Crippen molar-refractivity contribution in [3.8, 4) is 0 Å². The highest BCUT2D eigenvalue weighted by molar-refractivity contribution is 7.80. The Balaban J connectivity index is 2.98. The molecule has 0 bridgehead atoms. The largest absolute Gasteiger partial charge is 0.490 e. The minimum atomic E-state index is -0.526. The Morgan fingerprint density at radius 3 is 2.86 bits per heavy atom. The first-order valence-electron chi connectivity index (χ1n) is 3.84. The van der Waals surface area contributed by atoms with Crippen LogP contribution in [-0.2, 0) is 11.2 Å². The number of ether oxygens (including phenoxy) is 1. The smallest absolute Gasteiger partial charge is 0.163 e. The van der Waals surface area contributed by atoms with E-state index in [0.717, 1.165) is 0 Å². The zero-order chi connectivity index (χ0) is 10.7. The van der Waals surface area contributed by atoms with Gasteiger partial charge in [0.1, 0.15) is 5.82 Å². The minimum absolute atomic E-state index is 0.0586. The lowest BCUT2D eigenvalue weighted by Crippen LogP contribution is -2.04. The van der Waals surface area contributed by atoms with Gasteiger partial charge in [-0.3, -0.25) is 0 Å². The van der Waals surface area contributed by atoms with Crippen molar-refractivity contribution < 1.29 is 9.13 Å². The Morgan fingerprint density at radius 2 is 2.29 bits per heavy atom. The highest BCUT2D eigenvalue weighted by atomic mass is 35.5. The fourth-order valence-corrected chi connectivity index (χ4v) is 1.35. The van der Waals surface area contributed by atoms with E-state index in [9.17, 15) is 4.39 Å². The maximum atomic E-state index is 12.9. The number of halogens is 2. The van der Waals surface area contributed by atoms with Gasteiger partial charge < -0.3 is 10.5 Å². The van der Waals surface area contributed by atoms with E-state index in [4.69, 9.17) is 34.3 Å². The summed E-state index contributed by atoms with van der Waals surface area (Å²) in [5, 5.41) is 0.689. The van der Waals surface area contributed by atoms with E-state index in [2.05, 4.69) is 0 Å². The van der Waals surface area contributed by atoms with Gasteiger partial charge in [0.25, 0.3) is 0 Å². The van der Waals surface area contributed by atoms with Gasteiger partial charge in [0.2, 0.25) is 0 Å². The van der Waals surface area contributed by atoms with Gasteiger partial charge in [-0.15, -0.1) is 0 Å². The van der Waals surface area contributed by atoms with Gasteiger partial charge in [-0.1, -0.05) is 11.6 Å². The summed E-state index contributed by atoms with van der Waals surface area (Å²) in [6, 6.07) is 2.63. The van der Waals surface area contributed by atoms with Crippen molar-refractivity contribution in [1.29, 1.82) is 0 Å². The van der Waals surface area contributed by atoms with Crippen LogP contribution in [0.4, 0.5) is 10.1 Å². The van der Waals surface area contributed by atoms with Gasteiger partial charge in [0.15, 0.2) is 5.05 Å². The average molecular weight is 234 g/mol. The fraction of sp³-hybridized carbons (Fsp3) is 0.222. The number of hydrogen-bond acceptors (Lipinski definition) is 3. The van der Waals surface area contributed by atoms with Crippen molar-refractivity contribution in [2.24, 2.45) is 0 Å². The third-order valence-electron chi connectivity index (χ3n) is 1.73. The van der Waals surface area contributed by atoms with E-state index >= 15 is 0 Å². The molecule has 76 valence electrons. The summed E-state index contributed by atoms with van der Waals surface area (Å²) in [7, 11) is 1.48. The first kappa shape index (κ1) is 11.2. The van der Waals surface area contributed by atoms with Crippen LogP contribution in [0.2, 0.25) is 5.02 Å². The Kier molecular flexibility index (Phi) is 3.66. The molecule has 0 aliphatic rings. The van der Waals surface area contributed by atoms with Crippen molar-refractivity contribution in [2.75, 3.05) is 12.8 Å². The Hall–Kier alpha value is -0.870. The maximum absolute atomic E-state index is 12.9. The molecule has 14 heavy (non-hydrogen) atoms. The Morgan fingerprint density at radius 1 is 1.64 bits per heavy atom. The number of hydrogen-bond donors (Lipinski definition) is 1. The lowest BCUT2D eigenvalue weighted by molar-refractivity contribution is 0.406. The summed E-state index contributed by atoms with van der Waals surface area (Å²) < 4.78 is 17.7. The average Bonchev–Trinajstić information content (AvgIpc) is 2.14. The zero-order valence-corrected chi connectivity index (χ0v) is 9.08. The summed E-state index contributed by atoms with van der Waals surface area (Å²) in [6.07, 6.45) is 0.356. The van der Waals surface area contributed by atoms with Crippen LogP contribution in [0.25, 0.3) is 0 Å².